The Kier molecular flexibility index (Phi) is 4.77. The summed E-state index contributed by atoms with van der Waals surface area (Å²) in [5.41, 5.74) is 2.90. The van der Waals surface area contributed by atoms with Gasteiger partial charge in [0.05, 0.1) is 17.6 Å². The minimum atomic E-state index is -0.232. The Morgan fingerprint density at radius 3 is 2.80 bits per heavy atom. The maximum Gasteiger partial charge on any atom is 0.270 e. The molecule has 1 unspecified atom stereocenters. The largest absolute Gasteiger partial charge is 0.487 e. The van der Waals surface area contributed by atoms with Gasteiger partial charge in [0.25, 0.3) is 5.91 Å². The van der Waals surface area contributed by atoms with Gasteiger partial charge in [-0.05, 0) is 30.3 Å². The number of hydrogen-bond donors (Lipinski definition) is 1. The molecule has 7 heteroatoms. The van der Waals surface area contributed by atoms with Crippen LogP contribution in [-0.4, -0.2) is 33.5 Å². The second kappa shape index (κ2) is 7.72. The van der Waals surface area contributed by atoms with E-state index in [2.05, 4.69) is 20.3 Å². The molecule has 2 aromatic carbocycles. The highest BCUT2D eigenvalue weighted by molar-refractivity contribution is 6.31. The topological polar surface area (TPSA) is 77.0 Å². The molecule has 5 rings (SSSR count). The quantitative estimate of drug-likeness (QED) is 0.542. The van der Waals surface area contributed by atoms with Gasteiger partial charge in [0, 0.05) is 34.8 Å². The van der Waals surface area contributed by atoms with Gasteiger partial charge in [-0.1, -0.05) is 35.9 Å². The molecular weight excluding hydrogens is 400 g/mol. The fourth-order valence-electron chi connectivity index (χ4n) is 3.60. The highest BCUT2D eigenvalue weighted by atomic mass is 35.5. The Hall–Kier alpha value is -3.51. The summed E-state index contributed by atoms with van der Waals surface area (Å²) in [4.78, 5) is 25.6. The Bertz CT molecular complexity index is 1250. The number of halogens is 1. The molecule has 6 nitrogen and oxygen atoms in total. The van der Waals surface area contributed by atoms with Crippen molar-refractivity contribution in [2.75, 3.05) is 6.54 Å². The Morgan fingerprint density at radius 2 is 1.93 bits per heavy atom. The zero-order valence-electron chi connectivity index (χ0n) is 15.9. The van der Waals surface area contributed by atoms with Crippen molar-refractivity contribution < 1.29 is 9.53 Å². The Balaban J connectivity index is 1.31. The van der Waals surface area contributed by atoms with Gasteiger partial charge in [-0.15, -0.1) is 0 Å². The molecule has 4 aromatic rings. The van der Waals surface area contributed by atoms with E-state index >= 15 is 0 Å². The van der Waals surface area contributed by atoms with Crippen molar-refractivity contribution in [2.24, 2.45) is 0 Å². The number of amides is 1. The van der Waals surface area contributed by atoms with Crippen LogP contribution in [-0.2, 0) is 6.42 Å². The van der Waals surface area contributed by atoms with Crippen LogP contribution in [0.5, 0.6) is 5.75 Å². The average Bonchev–Trinajstić information content (AvgIpc) is 3.20. The van der Waals surface area contributed by atoms with Crippen molar-refractivity contribution in [3.05, 3.63) is 83.3 Å². The van der Waals surface area contributed by atoms with Gasteiger partial charge in [0.15, 0.2) is 5.82 Å². The molecule has 30 heavy (non-hydrogen) atoms. The third kappa shape index (κ3) is 3.57. The maximum absolute atomic E-state index is 12.6. The molecule has 0 fully saturated rings. The third-order valence-electron chi connectivity index (χ3n) is 4.99. The third-order valence-corrected chi connectivity index (χ3v) is 5.21. The van der Waals surface area contributed by atoms with Crippen LogP contribution in [0.25, 0.3) is 22.3 Å². The van der Waals surface area contributed by atoms with Crippen LogP contribution in [0.3, 0.4) is 0 Å². The molecule has 0 radical (unpaired) electrons. The van der Waals surface area contributed by atoms with E-state index in [0.717, 1.165) is 22.0 Å². The summed E-state index contributed by atoms with van der Waals surface area (Å²) in [6.07, 6.45) is 3.80. The number of pyridine rings is 1. The predicted molar refractivity (Wildman–Crippen MR) is 115 cm³/mol. The highest BCUT2D eigenvalue weighted by Crippen LogP contribution is 2.39. The van der Waals surface area contributed by atoms with Crippen molar-refractivity contribution in [2.45, 2.75) is 12.5 Å². The smallest absolute Gasteiger partial charge is 0.270 e. The number of para-hydroxylation sites is 1. The van der Waals surface area contributed by atoms with Crippen LogP contribution >= 0.6 is 11.6 Å². The van der Waals surface area contributed by atoms with Gasteiger partial charge in [0.2, 0.25) is 0 Å². The number of benzene rings is 2. The minimum Gasteiger partial charge on any atom is -0.487 e. The molecule has 0 spiro atoms. The highest BCUT2D eigenvalue weighted by Gasteiger charge is 2.28. The second-order valence-corrected chi connectivity index (χ2v) is 7.49. The molecule has 148 valence electrons. The summed E-state index contributed by atoms with van der Waals surface area (Å²) in [5.74, 6) is 1.04. The van der Waals surface area contributed by atoms with E-state index in [1.54, 1.807) is 30.6 Å². The molecule has 1 aliphatic heterocycles. The lowest BCUT2D eigenvalue weighted by atomic mass is 10.1. The van der Waals surface area contributed by atoms with Gasteiger partial charge in [0.1, 0.15) is 17.5 Å². The lowest BCUT2D eigenvalue weighted by Crippen LogP contribution is -2.34. The van der Waals surface area contributed by atoms with Crippen molar-refractivity contribution in [1.82, 2.24) is 20.3 Å². The number of nitrogens with one attached hydrogen (secondary N) is 1. The first-order chi connectivity index (χ1) is 14.7. The molecule has 1 aliphatic rings. The lowest BCUT2D eigenvalue weighted by molar-refractivity contribution is 0.0929. The standard InChI is InChI=1S/C23H17ClN4O2/c24-16-10-15-11-17(30-21(15)18(12-16)22-25-8-3-9-26-22)13-27-23(29)20-7-6-14-4-1-2-5-19(14)28-20/h1-10,12,17H,11,13H2,(H,27,29). The van der Waals surface area contributed by atoms with Crippen LogP contribution in [0.15, 0.2) is 67.0 Å². The van der Waals surface area contributed by atoms with Crippen LogP contribution in [0.4, 0.5) is 0 Å². The fraction of sp³-hybridized carbons (Fsp3) is 0.130. The first-order valence-corrected chi connectivity index (χ1v) is 9.95. The van der Waals surface area contributed by atoms with Crippen molar-refractivity contribution >= 4 is 28.4 Å². The van der Waals surface area contributed by atoms with Crippen LogP contribution < -0.4 is 10.1 Å². The summed E-state index contributed by atoms with van der Waals surface area (Å²) >= 11 is 6.29. The van der Waals surface area contributed by atoms with E-state index in [9.17, 15) is 4.79 Å². The summed E-state index contributed by atoms with van der Waals surface area (Å²) in [6.45, 7) is 0.356. The van der Waals surface area contributed by atoms with Crippen molar-refractivity contribution in [3.63, 3.8) is 0 Å². The van der Waals surface area contributed by atoms with E-state index in [1.165, 1.54) is 0 Å². The van der Waals surface area contributed by atoms with E-state index < -0.39 is 0 Å². The number of fused-ring (bicyclic) bond motifs is 2. The molecule has 1 atom stereocenters. The Morgan fingerprint density at radius 1 is 1.10 bits per heavy atom. The molecule has 0 aliphatic carbocycles. The molecule has 1 amide bonds. The molecule has 2 aromatic heterocycles. The molecule has 0 bridgehead atoms. The first kappa shape index (κ1) is 18.5. The summed E-state index contributed by atoms with van der Waals surface area (Å²) < 4.78 is 6.13. The van der Waals surface area contributed by atoms with Gasteiger partial charge < -0.3 is 10.1 Å². The van der Waals surface area contributed by atoms with E-state index in [1.807, 2.05) is 36.4 Å². The predicted octanol–water partition coefficient (Wildman–Crippen LogP) is 4.08. The normalized spacial score (nSPS) is 14.9. The number of carbonyl (C=O) groups excluding carboxylic acids is 1. The Labute approximate surface area is 177 Å². The number of rotatable bonds is 4. The van der Waals surface area contributed by atoms with Crippen LogP contribution in [0, 0.1) is 0 Å². The number of hydrogen-bond acceptors (Lipinski definition) is 5. The monoisotopic (exact) mass is 416 g/mol. The summed E-state index contributed by atoms with van der Waals surface area (Å²) in [7, 11) is 0. The summed E-state index contributed by atoms with van der Waals surface area (Å²) in [5, 5.41) is 4.52. The van der Waals surface area contributed by atoms with Gasteiger partial charge in [-0.2, -0.15) is 0 Å². The maximum atomic E-state index is 12.6. The second-order valence-electron chi connectivity index (χ2n) is 7.06. The zero-order valence-corrected chi connectivity index (χ0v) is 16.6. The average molecular weight is 417 g/mol. The molecular formula is C23H17ClN4O2. The lowest BCUT2D eigenvalue weighted by Gasteiger charge is -2.13. The van der Waals surface area contributed by atoms with E-state index in [-0.39, 0.29) is 12.0 Å². The van der Waals surface area contributed by atoms with E-state index in [0.29, 0.717) is 35.3 Å². The molecule has 0 saturated heterocycles. The van der Waals surface area contributed by atoms with Gasteiger partial charge >= 0.3 is 0 Å². The molecule has 1 N–H and O–H groups in total. The first-order valence-electron chi connectivity index (χ1n) is 9.58. The van der Waals surface area contributed by atoms with Gasteiger partial charge in [-0.3, -0.25) is 4.79 Å². The summed E-state index contributed by atoms with van der Waals surface area (Å²) in [6, 6.07) is 16.8. The molecule has 3 heterocycles. The van der Waals surface area contributed by atoms with E-state index in [4.69, 9.17) is 16.3 Å². The zero-order chi connectivity index (χ0) is 20.5. The van der Waals surface area contributed by atoms with Crippen molar-refractivity contribution in [3.8, 4) is 17.1 Å². The minimum absolute atomic E-state index is 0.203. The number of carbonyl (C=O) groups is 1. The molecule has 0 saturated carbocycles. The van der Waals surface area contributed by atoms with Crippen molar-refractivity contribution in [1.29, 1.82) is 0 Å². The number of ether oxygens (including phenoxy) is 1. The van der Waals surface area contributed by atoms with Crippen LogP contribution in [0.1, 0.15) is 16.1 Å². The SMILES string of the molecule is O=C(NCC1Cc2cc(Cl)cc(-c3ncccn3)c2O1)c1ccc2ccccc2n1. The fourth-order valence-corrected chi connectivity index (χ4v) is 3.84. The van der Waals surface area contributed by atoms with Crippen LogP contribution in [0.2, 0.25) is 5.02 Å². The number of aromatic nitrogens is 3. The number of nitrogens with zero attached hydrogens (tertiary/aromatic N) is 3. The van der Waals surface area contributed by atoms with Gasteiger partial charge in [-0.25, -0.2) is 15.0 Å².